The molecule has 28 heavy (non-hydrogen) atoms. The number of nitrogens with zero attached hydrogens (tertiary/aromatic N) is 1. The average Bonchev–Trinajstić information content (AvgIpc) is 2.77. The molecule has 2 aliphatic rings. The van der Waals surface area contributed by atoms with E-state index in [1.165, 1.54) is 6.92 Å². The Morgan fingerprint density at radius 2 is 1.89 bits per heavy atom. The largest absolute Gasteiger partial charge is 0.357 e. The number of fused-ring (bicyclic) bond motifs is 1. The smallest absolute Gasteiger partial charge is 0.224 e. The Balaban J connectivity index is 2.04. The summed E-state index contributed by atoms with van der Waals surface area (Å²) in [6.07, 6.45) is 1.17. The first kappa shape index (κ1) is 19.0. The van der Waals surface area contributed by atoms with Gasteiger partial charge in [0.2, 0.25) is 5.91 Å². The van der Waals surface area contributed by atoms with Crippen molar-refractivity contribution in [3.8, 4) is 0 Å². The molecule has 0 saturated heterocycles. The maximum Gasteiger partial charge on any atom is 0.224 e. The summed E-state index contributed by atoms with van der Waals surface area (Å²) in [5.74, 6) is 0.0853. The lowest BCUT2D eigenvalue weighted by Crippen LogP contribution is -2.37. The molecule has 0 aromatic heterocycles. The van der Waals surface area contributed by atoms with Gasteiger partial charge in [-0.2, -0.15) is 0 Å². The van der Waals surface area contributed by atoms with E-state index in [1.54, 1.807) is 23.1 Å². The number of para-hydroxylation sites is 2. The van der Waals surface area contributed by atoms with E-state index in [9.17, 15) is 9.59 Å². The van der Waals surface area contributed by atoms with E-state index >= 15 is 0 Å². The fraction of sp³-hybridized carbons (Fsp3) is 0.273. The zero-order valence-corrected chi connectivity index (χ0v) is 17.1. The van der Waals surface area contributed by atoms with Gasteiger partial charge in [-0.15, -0.1) is 0 Å². The molecular weight excluding hydrogens is 395 g/mol. The molecule has 1 amide bonds. The highest BCUT2D eigenvalue weighted by atomic mass is 35.5. The zero-order chi connectivity index (χ0) is 20.0. The molecule has 144 valence electrons. The number of carbonyl (C=O) groups is 2. The van der Waals surface area contributed by atoms with Crippen molar-refractivity contribution >= 4 is 46.3 Å². The van der Waals surface area contributed by atoms with E-state index in [0.717, 1.165) is 17.8 Å². The first-order valence-corrected chi connectivity index (χ1v) is 9.99. The van der Waals surface area contributed by atoms with Gasteiger partial charge in [0, 0.05) is 34.7 Å². The number of rotatable bonds is 1. The Bertz CT molecular complexity index is 1020. The SMILES string of the molecule is CC(=O)N1c2ccccc2NC2=C(C(=O)CC(C)C2)C1c1cc(Cl)ccc1Cl. The molecule has 2 aromatic carbocycles. The minimum atomic E-state index is -0.630. The Kier molecular flexibility index (Phi) is 4.94. The van der Waals surface area contributed by atoms with Gasteiger partial charge in [-0.05, 0) is 48.2 Å². The number of hydrogen-bond donors (Lipinski definition) is 1. The van der Waals surface area contributed by atoms with Crippen molar-refractivity contribution in [1.29, 1.82) is 0 Å². The molecule has 1 N–H and O–H groups in total. The average molecular weight is 415 g/mol. The van der Waals surface area contributed by atoms with Gasteiger partial charge in [0.05, 0.1) is 17.4 Å². The second-order valence-corrected chi connectivity index (χ2v) is 8.27. The summed E-state index contributed by atoms with van der Waals surface area (Å²) in [4.78, 5) is 27.7. The Morgan fingerprint density at radius 1 is 1.14 bits per heavy atom. The standard InChI is InChI=1S/C22H20Cl2N2O2/c1-12-9-18-21(20(28)10-12)22(15-11-14(23)7-8-16(15)24)26(13(2)27)19-6-4-3-5-17(19)25-18/h3-8,11-12,22,25H,9-10H2,1-2H3. The highest BCUT2D eigenvalue weighted by molar-refractivity contribution is 6.33. The van der Waals surface area contributed by atoms with Gasteiger partial charge in [-0.3, -0.25) is 14.5 Å². The van der Waals surface area contributed by atoms with Crippen molar-refractivity contribution in [3.63, 3.8) is 0 Å². The highest BCUT2D eigenvalue weighted by Gasteiger charge is 2.40. The zero-order valence-electron chi connectivity index (χ0n) is 15.6. The molecule has 4 nitrogen and oxygen atoms in total. The maximum atomic E-state index is 13.2. The molecule has 0 saturated carbocycles. The summed E-state index contributed by atoms with van der Waals surface area (Å²) >= 11 is 12.8. The number of carbonyl (C=O) groups excluding carboxylic acids is 2. The Hall–Kier alpha value is -2.30. The minimum Gasteiger partial charge on any atom is -0.357 e. The number of anilines is 2. The summed E-state index contributed by atoms with van der Waals surface area (Å²) in [6, 6.07) is 12.1. The van der Waals surface area contributed by atoms with Gasteiger partial charge >= 0.3 is 0 Å². The fourth-order valence-electron chi connectivity index (χ4n) is 4.15. The maximum absolute atomic E-state index is 13.2. The highest BCUT2D eigenvalue weighted by Crippen LogP contribution is 2.47. The summed E-state index contributed by atoms with van der Waals surface area (Å²) in [5.41, 5.74) is 3.60. The molecule has 6 heteroatoms. The number of allylic oxidation sites excluding steroid dienone is 1. The number of Topliss-reactive ketones (excluding diaryl/α,β-unsaturated/α-hetero) is 1. The minimum absolute atomic E-state index is 0.0290. The number of halogens is 2. The van der Waals surface area contributed by atoms with Gasteiger partial charge < -0.3 is 5.32 Å². The van der Waals surface area contributed by atoms with Crippen molar-refractivity contribution in [3.05, 3.63) is 69.3 Å². The van der Waals surface area contributed by atoms with E-state index in [4.69, 9.17) is 23.2 Å². The number of amides is 1. The van der Waals surface area contributed by atoms with E-state index in [2.05, 4.69) is 12.2 Å². The van der Waals surface area contributed by atoms with Crippen LogP contribution in [0.15, 0.2) is 53.7 Å². The second kappa shape index (κ2) is 7.26. The van der Waals surface area contributed by atoms with Crippen LogP contribution in [0.1, 0.15) is 38.3 Å². The van der Waals surface area contributed by atoms with Gasteiger partial charge in [0.15, 0.2) is 5.78 Å². The summed E-state index contributed by atoms with van der Waals surface area (Å²) in [7, 11) is 0. The number of hydrogen-bond acceptors (Lipinski definition) is 3. The van der Waals surface area contributed by atoms with Crippen molar-refractivity contribution in [2.24, 2.45) is 5.92 Å². The third-order valence-electron chi connectivity index (χ3n) is 5.28. The van der Waals surface area contributed by atoms with Crippen molar-refractivity contribution in [2.75, 3.05) is 10.2 Å². The molecular formula is C22H20Cl2N2O2. The van der Waals surface area contributed by atoms with E-state index in [1.807, 2.05) is 24.3 Å². The lowest BCUT2D eigenvalue weighted by atomic mass is 9.81. The van der Waals surface area contributed by atoms with Crippen LogP contribution in [-0.2, 0) is 9.59 Å². The molecule has 1 heterocycles. The van der Waals surface area contributed by atoms with Crippen LogP contribution in [0.2, 0.25) is 10.0 Å². The van der Waals surface area contributed by atoms with E-state index < -0.39 is 6.04 Å². The van der Waals surface area contributed by atoms with Crippen LogP contribution in [0, 0.1) is 5.92 Å². The van der Waals surface area contributed by atoms with Crippen LogP contribution in [0.25, 0.3) is 0 Å². The first-order valence-electron chi connectivity index (χ1n) is 9.24. The molecule has 0 spiro atoms. The third-order valence-corrected chi connectivity index (χ3v) is 5.86. The van der Waals surface area contributed by atoms with Crippen LogP contribution >= 0.6 is 23.2 Å². The lowest BCUT2D eigenvalue weighted by molar-refractivity contribution is -0.117. The molecule has 0 fully saturated rings. The summed E-state index contributed by atoms with van der Waals surface area (Å²) in [6.45, 7) is 3.56. The van der Waals surface area contributed by atoms with Crippen molar-refractivity contribution < 1.29 is 9.59 Å². The Morgan fingerprint density at radius 3 is 2.64 bits per heavy atom. The molecule has 1 aliphatic carbocycles. The molecule has 1 aliphatic heterocycles. The normalized spacial score (nSPS) is 21.6. The van der Waals surface area contributed by atoms with Gasteiger partial charge in [0.25, 0.3) is 0 Å². The van der Waals surface area contributed by atoms with Gasteiger partial charge in [-0.25, -0.2) is 0 Å². The summed E-state index contributed by atoms with van der Waals surface area (Å²) in [5, 5.41) is 4.41. The second-order valence-electron chi connectivity index (χ2n) is 7.43. The van der Waals surface area contributed by atoms with Gasteiger partial charge in [0.1, 0.15) is 0 Å². The van der Waals surface area contributed by atoms with Crippen molar-refractivity contribution in [1.82, 2.24) is 0 Å². The van der Waals surface area contributed by atoms with E-state index in [-0.39, 0.29) is 17.6 Å². The third kappa shape index (κ3) is 3.21. The van der Waals surface area contributed by atoms with Crippen LogP contribution in [0.5, 0.6) is 0 Å². The van der Waals surface area contributed by atoms with Crippen LogP contribution in [-0.4, -0.2) is 11.7 Å². The molecule has 0 radical (unpaired) electrons. The van der Waals surface area contributed by atoms with Gasteiger partial charge in [-0.1, -0.05) is 42.3 Å². The van der Waals surface area contributed by atoms with Crippen LogP contribution in [0.3, 0.4) is 0 Å². The number of benzene rings is 2. The predicted octanol–water partition coefficient (Wildman–Crippen LogP) is 5.77. The lowest BCUT2D eigenvalue weighted by Gasteiger charge is -2.34. The van der Waals surface area contributed by atoms with Crippen LogP contribution < -0.4 is 10.2 Å². The van der Waals surface area contributed by atoms with Crippen LogP contribution in [0.4, 0.5) is 11.4 Å². The fourth-order valence-corrected chi connectivity index (χ4v) is 4.55. The number of ketones is 1. The molecule has 2 atom stereocenters. The topological polar surface area (TPSA) is 49.4 Å². The summed E-state index contributed by atoms with van der Waals surface area (Å²) < 4.78 is 0. The molecule has 4 rings (SSSR count). The Labute approximate surface area is 174 Å². The van der Waals surface area contributed by atoms with E-state index in [0.29, 0.717) is 33.3 Å². The molecule has 2 aromatic rings. The quantitative estimate of drug-likeness (QED) is 0.644. The van der Waals surface area contributed by atoms with Crippen molar-refractivity contribution in [2.45, 2.75) is 32.7 Å². The first-order chi connectivity index (χ1) is 13.4. The number of nitrogens with one attached hydrogen (secondary N) is 1. The molecule has 2 unspecified atom stereocenters. The predicted molar refractivity (Wildman–Crippen MR) is 113 cm³/mol. The monoisotopic (exact) mass is 414 g/mol. The molecule has 0 bridgehead atoms.